The van der Waals surface area contributed by atoms with E-state index in [-0.39, 0.29) is 23.8 Å². The van der Waals surface area contributed by atoms with Gasteiger partial charge in [-0.15, -0.1) is 11.3 Å². The predicted octanol–water partition coefficient (Wildman–Crippen LogP) is 3.96. The van der Waals surface area contributed by atoms with Crippen LogP contribution in [0, 0.1) is 15.9 Å². The highest BCUT2D eigenvalue weighted by molar-refractivity contribution is 7.15. The zero-order valence-electron chi connectivity index (χ0n) is 13.5. The highest BCUT2D eigenvalue weighted by atomic mass is 32.1. The van der Waals surface area contributed by atoms with Crippen molar-refractivity contribution in [2.75, 3.05) is 5.32 Å². The molecule has 0 bridgehead atoms. The maximum Gasteiger partial charge on any atom is 0.269 e. The first-order valence-corrected chi connectivity index (χ1v) is 8.53. The fourth-order valence-electron chi connectivity index (χ4n) is 2.33. The van der Waals surface area contributed by atoms with Gasteiger partial charge in [0.25, 0.3) is 5.69 Å². The average Bonchev–Trinajstić information content (AvgIpc) is 3.04. The average molecular weight is 371 g/mol. The number of nitrogens with zero attached hydrogens (tertiary/aromatic N) is 2. The summed E-state index contributed by atoms with van der Waals surface area (Å²) in [5.74, 6) is -0.529. The van der Waals surface area contributed by atoms with E-state index in [0.29, 0.717) is 17.1 Å². The van der Waals surface area contributed by atoms with Crippen molar-refractivity contribution < 1.29 is 14.1 Å². The number of benzene rings is 2. The lowest BCUT2D eigenvalue weighted by Gasteiger charge is -2.02. The lowest BCUT2D eigenvalue weighted by Crippen LogP contribution is -2.14. The smallest absolute Gasteiger partial charge is 0.269 e. The van der Waals surface area contributed by atoms with Crippen LogP contribution in [0.4, 0.5) is 15.2 Å². The van der Waals surface area contributed by atoms with Gasteiger partial charge >= 0.3 is 0 Å². The minimum absolute atomic E-state index is 0.0143. The second-order valence-corrected chi connectivity index (χ2v) is 6.70. The Balaban J connectivity index is 1.57. The molecular formula is C18H14FN3O3S. The van der Waals surface area contributed by atoms with Crippen molar-refractivity contribution in [3.05, 3.63) is 86.7 Å². The normalized spacial score (nSPS) is 10.5. The number of carbonyl (C=O) groups is 1. The predicted molar refractivity (Wildman–Crippen MR) is 96.8 cm³/mol. The number of thiazole rings is 1. The number of nitro groups is 1. The molecule has 0 radical (unpaired) electrons. The summed E-state index contributed by atoms with van der Waals surface area (Å²) in [6.07, 6.45) is 2.39. The number of non-ortho nitro benzene ring substituents is 1. The molecule has 2 aromatic carbocycles. The number of amides is 1. The largest absolute Gasteiger partial charge is 0.302 e. The quantitative estimate of drug-likeness (QED) is 0.525. The Morgan fingerprint density at radius 3 is 2.42 bits per heavy atom. The summed E-state index contributed by atoms with van der Waals surface area (Å²) in [4.78, 5) is 27.3. The van der Waals surface area contributed by atoms with Crippen LogP contribution in [0.5, 0.6) is 0 Å². The van der Waals surface area contributed by atoms with E-state index in [4.69, 9.17) is 0 Å². The van der Waals surface area contributed by atoms with Gasteiger partial charge in [-0.2, -0.15) is 0 Å². The molecule has 0 saturated heterocycles. The Bertz CT molecular complexity index is 924. The summed E-state index contributed by atoms with van der Waals surface area (Å²) in [7, 11) is 0. The van der Waals surface area contributed by atoms with Gasteiger partial charge in [-0.05, 0) is 23.3 Å². The number of hydrogen-bond acceptors (Lipinski definition) is 5. The number of halogens is 1. The molecule has 3 rings (SSSR count). The molecule has 1 aromatic heterocycles. The van der Waals surface area contributed by atoms with Crippen LogP contribution in [0.2, 0.25) is 0 Å². The first-order valence-electron chi connectivity index (χ1n) is 7.72. The van der Waals surface area contributed by atoms with E-state index in [0.717, 1.165) is 10.4 Å². The monoisotopic (exact) mass is 371 g/mol. The molecule has 26 heavy (non-hydrogen) atoms. The molecule has 132 valence electrons. The Kier molecular flexibility index (Phi) is 5.33. The third-order valence-corrected chi connectivity index (χ3v) is 4.52. The molecule has 0 aliphatic heterocycles. The van der Waals surface area contributed by atoms with Crippen LogP contribution in [-0.2, 0) is 17.6 Å². The van der Waals surface area contributed by atoms with Crippen LogP contribution < -0.4 is 5.32 Å². The zero-order valence-corrected chi connectivity index (χ0v) is 14.3. The van der Waals surface area contributed by atoms with Crippen LogP contribution in [0.25, 0.3) is 0 Å². The number of aromatic nitrogens is 1. The molecule has 1 amide bonds. The van der Waals surface area contributed by atoms with Crippen molar-refractivity contribution in [2.45, 2.75) is 12.8 Å². The second kappa shape index (κ2) is 7.83. The highest BCUT2D eigenvalue weighted by Gasteiger charge is 2.10. The minimum atomic E-state index is -0.484. The Morgan fingerprint density at radius 1 is 1.12 bits per heavy atom. The van der Waals surface area contributed by atoms with E-state index < -0.39 is 4.92 Å². The molecule has 0 spiro atoms. The van der Waals surface area contributed by atoms with Crippen LogP contribution in [0.15, 0.2) is 54.7 Å². The fourth-order valence-corrected chi connectivity index (χ4v) is 3.20. The van der Waals surface area contributed by atoms with Crippen molar-refractivity contribution in [2.24, 2.45) is 0 Å². The summed E-state index contributed by atoms with van der Waals surface area (Å²) in [6, 6.07) is 12.1. The van der Waals surface area contributed by atoms with E-state index >= 15 is 0 Å². The van der Waals surface area contributed by atoms with Gasteiger partial charge < -0.3 is 5.32 Å². The van der Waals surface area contributed by atoms with E-state index in [1.54, 1.807) is 30.5 Å². The number of rotatable bonds is 6. The molecule has 0 aliphatic carbocycles. The van der Waals surface area contributed by atoms with Crippen molar-refractivity contribution >= 4 is 28.1 Å². The van der Waals surface area contributed by atoms with Crippen molar-refractivity contribution in [1.82, 2.24) is 4.98 Å². The van der Waals surface area contributed by atoms with E-state index in [1.807, 2.05) is 0 Å². The summed E-state index contributed by atoms with van der Waals surface area (Å²) in [5, 5.41) is 13.8. The molecule has 0 atom stereocenters. The van der Waals surface area contributed by atoms with Gasteiger partial charge in [0.15, 0.2) is 5.13 Å². The van der Waals surface area contributed by atoms with Crippen LogP contribution >= 0.6 is 11.3 Å². The van der Waals surface area contributed by atoms with Gasteiger partial charge in [0.2, 0.25) is 5.91 Å². The Labute approximate surface area is 152 Å². The number of hydrogen-bond donors (Lipinski definition) is 1. The highest BCUT2D eigenvalue weighted by Crippen LogP contribution is 2.22. The van der Waals surface area contributed by atoms with Crippen LogP contribution in [0.1, 0.15) is 16.0 Å². The number of anilines is 1. The summed E-state index contributed by atoms with van der Waals surface area (Å²) in [5.41, 5.74) is 1.62. The number of nitrogens with one attached hydrogen (secondary N) is 1. The maximum absolute atomic E-state index is 12.9. The summed E-state index contributed by atoms with van der Waals surface area (Å²) in [6.45, 7) is 0. The van der Waals surface area contributed by atoms with Crippen LogP contribution in [0.3, 0.4) is 0 Å². The molecule has 8 heteroatoms. The van der Waals surface area contributed by atoms with E-state index in [2.05, 4.69) is 10.3 Å². The molecular weight excluding hydrogens is 357 g/mol. The zero-order chi connectivity index (χ0) is 18.5. The van der Waals surface area contributed by atoms with Crippen molar-refractivity contribution in [3.63, 3.8) is 0 Å². The molecule has 0 saturated carbocycles. The van der Waals surface area contributed by atoms with E-state index in [9.17, 15) is 19.3 Å². The molecule has 0 fully saturated rings. The van der Waals surface area contributed by atoms with Gasteiger partial charge in [-0.3, -0.25) is 14.9 Å². The van der Waals surface area contributed by atoms with Crippen molar-refractivity contribution in [1.29, 1.82) is 0 Å². The third kappa shape index (κ3) is 4.70. The topological polar surface area (TPSA) is 85.1 Å². The molecule has 6 nitrogen and oxygen atoms in total. The standard InChI is InChI=1S/C18H14FN3O3S/c19-14-5-1-12(2-6-14)9-16-11-20-18(26-16)21-17(23)10-13-3-7-15(8-4-13)22(24)25/h1-8,11H,9-10H2,(H,20,21,23). The third-order valence-electron chi connectivity index (χ3n) is 3.60. The summed E-state index contributed by atoms with van der Waals surface area (Å²) >= 11 is 1.35. The van der Waals surface area contributed by atoms with Crippen LogP contribution in [-0.4, -0.2) is 15.8 Å². The molecule has 1 heterocycles. The van der Waals surface area contributed by atoms with Crippen molar-refractivity contribution in [3.8, 4) is 0 Å². The van der Waals surface area contributed by atoms with Gasteiger partial charge in [0, 0.05) is 29.6 Å². The van der Waals surface area contributed by atoms with Gasteiger partial charge in [-0.1, -0.05) is 24.3 Å². The molecule has 0 aliphatic rings. The lowest BCUT2D eigenvalue weighted by atomic mass is 10.1. The molecule has 1 N–H and O–H groups in total. The number of carbonyl (C=O) groups excluding carboxylic acids is 1. The Hall–Kier alpha value is -3.13. The molecule has 3 aromatic rings. The van der Waals surface area contributed by atoms with Gasteiger partial charge in [0.1, 0.15) is 5.82 Å². The van der Waals surface area contributed by atoms with Gasteiger partial charge in [0.05, 0.1) is 11.3 Å². The lowest BCUT2D eigenvalue weighted by molar-refractivity contribution is -0.384. The first-order chi connectivity index (χ1) is 12.5. The second-order valence-electron chi connectivity index (χ2n) is 5.58. The van der Waals surface area contributed by atoms with Gasteiger partial charge in [-0.25, -0.2) is 9.37 Å². The fraction of sp³-hybridized carbons (Fsp3) is 0.111. The van der Waals surface area contributed by atoms with E-state index in [1.165, 1.54) is 35.6 Å². The molecule has 0 unspecified atom stereocenters. The Morgan fingerprint density at radius 2 is 1.77 bits per heavy atom. The minimum Gasteiger partial charge on any atom is -0.302 e. The maximum atomic E-state index is 12.9. The SMILES string of the molecule is O=C(Cc1ccc([N+](=O)[O-])cc1)Nc1ncc(Cc2ccc(F)cc2)s1. The summed E-state index contributed by atoms with van der Waals surface area (Å²) < 4.78 is 12.9. The number of nitro benzene ring substituents is 1. The first kappa shape index (κ1) is 17.7.